The number of benzene rings is 1. The summed E-state index contributed by atoms with van der Waals surface area (Å²) in [6.07, 6.45) is -0.829. The molecular formula is C13H13FN2O3. The Balaban J connectivity index is 2.05. The number of carbonyl (C=O) groups is 1. The number of nitriles is 1. The quantitative estimate of drug-likeness (QED) is 0.881. The topological polar surface area (TPSA) is 73.6 Å². The second-order valence-corrected chi connectivity index (χ2v) is 4.36. The van der Waals surface area contributed by atoms with Gasteiger partial charge in [0.2, 0.25) is 0 Å². The van der Waals surface area contributed by atoms with Crippen LogP contribution in [0.25, 0.3) is 0 Å². The molecule has 1 heterocycles. The Morgan fingerprint density at radius 3 is 3.11 bits per heavy atom. The van der Waals surface area contributed by atoms with Crippen LogP contribution in [0.4, 0.5) is 4.39 Å². The van der Waals surface area contributed by atoms with Crippen LogP contribution in [0.3, 0.4) is 0 Å². The largest absolute Gasteiger partial charge is 0.479 e. The Morgan fingerprint density at radius 2 is 2.42 bits per heavy atom. The van der Waals surface area contributed by atoms with E-state index in [1.807, 2.05) is 4.90 Å². The maximum atomic E-state index is 13.2. The van der Waals surface area contributed by atoms with Crippen LogP contribution >= 0.6 is 0 Å². The fraction of sp³-hybridized carbons (Fsp3) is 0.385. The first kappa shape index (κ1) is 13.5. The highest BCUT2D eigenvalue weighted by Crippen LogP contribution is 2.14. The second kappa shape index (κ2) is 5.78. The SMILES string of the molecule is N#Cc1cc(CN2CCOC(C(=O)O)C2)ccc1F. The predicted octanol–water partition coefficient (Wildman–Crippen LogP) is 0.983. The van der Waals surface area contributed by atoms with Crippen LogP contribution in [0.1, 0.15) is 11.1 Å². The normalized spacial score (nSPS) is 19.9. The van der Waals surface area contributed by atoms with Gasteiger partial charge >= 0.3 is 5.97 Å². The fourth-order valence-corrected chi connectivity index (χ4v) is 2.01. The second-order valence-electron chi connectivity index (χ2n) is 4.36. The van der Waals surface area contributed by atoms with Crippen molar-refractivity contribution >= 4 is 5.97 Å². The predicted molar refractivity (Wildman–Crippen MR) is 63.8 cm³/mol. The van der Waals surface area contributed by atoms with Crippen molar-refractivity contribution in [1.29, 1.82) is 5.26 Å². The molecule has 0 bridgehead atoms. The van der Waals surface area contributed by atoms with Crippen molar-refractivity contribution in [2.45, 2.75) is 12.6 Å². The Bertz CT molecular complexity index is 527. The molecule has 5 nitrogen and oxygen atoms in total. The van der Waals surface area contributed by atoms with E-state index in [2.05, 4.69) is 0 Å². The molecule has 1 fully saturated rings. The Kier molecular flexibility index (Phi) is 4.10. The van der Waals surface area contributed by atoms with Crippen LogP contribution in [0.5, 0.6) is 0 Å². The van der Waals surface area contributed by atoms with Gasteiger partial charge in [0.25, 0.3) is 0 Å². The molecule has 2 rings (SSSR count). The lowest BCUT2D eigenvalue weighted by Crippen LogP contribution is -2.45. The zero-order chi connectivity index (χ0) is 13.8. The number of halogens is 1. The average molecular weight is 264 g/mol. The molecule has 1 saturated heterocycles. The summed E-state index contributed by atoms with van der Waals surface area (Å²) in [5.41, 5.74) is 0.782. The summed E-state index contributed by atoms with van der Waals surface area (Å²) < 4.78 is 18.3. The van der Waals surface area contributed by atoms with Gasteiger partial charge in [-0.1, -0.05) is 6.07 Å². The number of morpholine rings is 1. The molecule has 1 aliphatic rings. The van der Waals surface area contributed by atoms with Gasteiger partial charge in [-0.2, -0.15) is 5.26 Å². The summed E-state index contributed by atoms with van der Waals surface area (Å²) in [6.45, 7) is 1.73. The molecule has 0 saturated carbocycles. The van der Waals surface area contributed by atoms with Gasteiger partial charge in [-0.15, -0.1) is 0 Å². The van der Waals surface area contributed by atoms with Gasteiger partial charge < -0.3 is 9.84 Å². The molecular weight excluding hydrogens is 251 g/mol. The van der Waals surface area contributed by atoms with Crippen LogP contribution < -0.4 is 0 Å². The van der Waals surface area contributed by atoms with E-state index in [9.17, 15) is 9.18 Å². The number of ether oxygens (including phenoxy) is 1. The minimum absolute atomic E-state index is 0.000504. The third kappa shape index (κ3) is 3.28. The molecule has 100 valence electrons. The van der Waals surface area contributed by atoms with E-state index in [0.717, 1.165) is 5.56 Å². The highest BCUT2D eigenvalue weighted by Gasteiger charge is 2.26. The first-order valence-electron chi connectivity index (χ1n) is 5.85. The number of rotatable bonds is 3. The van der Waals surface area contributed by atoms with E-state index in [4.69, 9.17) is 15.1 Å². The average Bonchev–Trinajstić information content (AvgIpc) is 2.41. The molecule has 1 atom stereocenters. The molecule has 19 heavy (non-hydrogen) atoms. The van der Waals surface area contributed by atoms with Crippen LogP contribution in [0.15, 0.2) is 18.2 Å². The molecule has 0 aliphatic carbocycles. The van der Waals surface area contributed by atoms with E-state index in [0.29, 0.717) is 19.7 Å². The molecule has 0 aromatic heterocycles. The Labute approximate surface area is 109 Å². The van der Waals surface area contributed by atoms with Crippen LogP contribution in [-0.4, -0.2) is 41.8 Å². The third-order valence-electron chi connectivity index (χ3n) is 2.98. The van der Waals surface area contributed by atoms with Gasteiger partial charge in [-0.25, -0.2) is 9.18 Å². The van der Waals surface area contributed by atoms with Gasteiger partial charge in [0.1, 0.15) is 11.9 Å². The number of hydrogen-bond donors (Lipinski definition) is 1. The standard InChI is InChI=1S/C13H13FN2O3/c14-11-2-1-9(5-10(11)6-15)7-16-3-4-19-12(8-16)13(17)18/h1-2,5,12H,3-4,7-8H2,(H,17,18). The summed E-state index contributed by atoms with van der Waals surface area (Å²) in [5, 5.41) is 17.7. The van der Waals surface area contributed by atoms with Crippen molar-refractivity contribution in [3.05, 3.63) is 35.1 Å². The lowest BCUT2D eigenvalue weighted by molar-refractivity contribution is -0.156. The van der Waals surface area contributed by atoms with Crippen molar-refractivity contribution in [1.82, 2.24) is 4.90 Å². The number of carboxylic acids is 1. The lowest BCUT2D eigenvalue weighted by Gasteiger charge is -2.30. The van der Waals surface area contributed by atoms with Crippen LogP contribution in [0.2, 0.25) is 0 Å². The van der Waals surface area contributed by atoms with Gasteiger partial charge in [0.05, 0.1) is 12.2 Å². The van der Waals surface area contributed by atoms with Crippen molar-refractivity contribution in [2.75, 3.05) is 19.7 Å². The zero-order valence-corrected chi connectivity index (χ0v) is 10.2. The van der Waals surface area contributed by atoms with Gasteiger partial charge in [0, 0.05) is 19.6 Å². The number of aliphatic carboxylic acids is 1. The Hall–Kier alpha value is -1.97. The molecule has 0 spiro atoms. The minimum Gasteiger partial charge on any atom is -0.479 e. The maximum Gasteiger partial charge on any atom is 0.334 e. The molecule has 1 aromatic carbocycles. The molecule has 6 heteroatoms. The monoisotopic (exact) mass is 264 g/mol. The molecule has 0 amide bonds. The Morgan fingerprint density at radius 1 is 1.63 bits per heavy atom. The zero-order valence-electron chi connectivity index (χ0n) is 10.2. The van der Waals surface area contributed by atoms with E-state index in [1.165, 1.54) is 12.1 Å². The number of hydrogen-bond acceptors (Lipinski definition) is 4. The van der Waals surface area contributed by atoms with Crippen LogP contribution in [0, 0.1) is 17.1 Å². The highest BCUT2D eigenvalue weighted by molar-refractivity contribution is 5.72. The molecule has 1 N–H and O–H groups in total. The van der Waals surface area contributed by atoms with E-state index >= 15 is 0 Å². The molecule has 0 radical (unpaired) electrons. The van der Waals surface area contributed by atoms with E-state index in [1.54, 1.807) is 12.1 Å². The number of carboxylic acid groups (broad SMARTS) is 1. The minimum atomic E-state index is -0.985. The summed E-state index contributed by atoms with van der Waals surface area (Å²) in [7, 11) is 0. The molecule has 1 unspecified atom stereocenters. The highest BCUT2D eigenvalue weighted by atomic mass is 19.1. The third-order valence-corrected chi connectivity index (χ3v) is 2.98. The van der Waals surface area contributed by atoms with Crippen molar-refractivity contribution in [2.24, 2.45) is 0 Å². The smallest absolute Gasteiger partial charge is 0.334 e. The van der Waals surface area contributed by atoms with Crippen molar-refractivity contribution < 1.29 is 19.0 Å². The summed E-state index contributed by atoms with van der Waals surface area (Å²) in [6, 6.07) is 6.13. The number of nitrogens with zero attached hydrogens (tertiary/aromatic N) is 2. The lowest BCUT2D eigenvalue weighted by atomic mass is 10.1. The van der Waals surface area contributed by atoms with Crippen molar-refractivity contribution in [3.63, 3.8) is 0 Å². The van der Waals surface area contributed by atoms with Gasteiger partial charge in [-0.3, -0.25) is 4.90 Å². The summed E-state index contributed by atoms with van der Waals surface area (Å²) >= 11 is 0. The maximum absolute atomic E-state index is 13.2. The van der Waals surface area contributed by atoms with Gasteiger partial charge in [-0.05, 0) is 17.7 Å². The first-order valence-corrected chi connectivity index (χ1v) is 5.85. The van der Waals surface area contributed by atoms with E-state index < -0.39 is 17.9 Å². The van der Waals surface area contributed by atoms with Crippen LogP contribution in [-0.2, 0) is 16.1 Å². The fourth-order valence-electron chi connectivity index (χ4n) is 2.01. The van der Waals surface area contributed by atoms with E-state index in [-0.39, 0.29) is 12.1 Å². The first-order chi connectivity index (χ1) is 9.10. The van der Waals surface area contributed by atoms with Crippen molar-refractivity contribution in [3.8, 4) is 6.07 Å². The summed E-state index contributed by atoms with van der Waals surface area (Å²) in [5.74, 6) is -1.53. The molecule has 1 aliphatic heterocycles. The van der Waals surface area contributed by atoms with Gasteiger partial charge in [0.15, 0.2) is 6.10 Å². The summed E-state index contributed by atoms with van der Waals surface area (Å²) in [4.78, 5) is 12.8. The molecule has 1 aromatic rings.